The highest BCUT2D eigenvalue weighted by Crippen LogP contribution is 2.37. The van der Waals surface area contributed by atoms with Crippen LogP contribution in [0.5, 0.6) is 0 Å². The predicted molar refractivity (Wildman–Crippen MR) is 107 cm³/mol. The van der Waals surface area contributed by atoms with Crippen LogP contribution in [0.3, 0.4) is 0 Å². The first-order valence-electron chi connectivity index (χ1n) is 10.2. The second kappa shape index (κ2) is 8.11. The number of benzene rings is 1. The normalized spacial score (nSPS) is 25.1. The largest absolute Gasteiger partial charge is 0.461 e. The van der Waals surface area contributed by atoms with Gasteiger partial charge in [0.15, 0.2) is 0 Å². The molecule has 2 unspecified atom stereocenters. The number of carbonyl (C=O) groups is 2. The van der Waals surface area contributed by atoms with Gasteiger partial charge in [-0.1, -0.05) is 30.3 Å². The van der Waals surface area contributed by atoms with Gasteiger partial charge in [0.05, 0.1) is 6.10 Å². The van der Waals surface area contributed by atoms with Crippen LogP contribution in [0.25, 0.3) is 0 Å². The van der Waals surface area contributed by atoms with Crippen LogP contribution < -0.4 is 0 Å². The Bertz CT molecular complexity index is 698. The number of ether oxygens (including phenoxy) is 2. The molecule has 6 nitrogen and oxygen atoms in total. The SMILES string of the molecule is CC(C)OC(=O)C1C2CC[C@@H](CN1C(=O)OC(C)(C)C)N2Cc1ccccc1. The number of piperazine rings is 1. The minimum atomic E-state index is -0.639. The van der Waals surface area contributed by atoms with E-state index < -0.39 is 17.7 Å². The molecule has 2 saturated heterocycles. The van der Waals surface area contributed by atoms with E-state index in [0.29, 0.717) is 6.54 Å². The molecule has 2 bridgehead atoms. The van der Waals surface area contributed by atoms with Crippen LogP contribution >= 0.6 is 0 Å². The van der Waals surface area contributed by atoms with Gasteiger partial charge < -0.3 is 9.47 Å². The number of carbonyl (C=O) groups excluding carboxylic acids is 2. The highest BCUT2D eigenvalue weighted by Gasteiger charge is 2.52. The van der Waals surface area contributed by atoms with Crippen molar-refractivity contribution in [2.24, 2.45) is 0 Å². The Labute approximate surface area is 167 Å². The van der Waals surface area contributed by atoms with Gasteiger partial charge in [0.2, 0.25) is 0 Å². The van der Waals surface area contributed by atoms with Gasteiger partial charge in [-0.15, -0.1) is 0 Å². The molecule has 3 atom stereocenters. The highest BCUT2D eigenvalue weighted by molar-refractivity contribution is 5.83. The Morgan fingerprint density at radius 3 is 2.43 bits per heavy atom. The molecular formula is C22H32N2O4. The zero-order valence-electron chi connectivity index (χ0n) is 17.6. The van der Waals surface area contributed by atoms with Crippen LogP contribution in [0, 0.1) is 0 Å². The summed E-state index contributed by atoms with van der Waals surface area (Å²) in [6, 6.07) is 9.78. The van der Waals surface area contributed by atoms with Crippen LogP contribution in [0.2, 0.25) is 0 Å². The summed E-state index contributed by atoms with van der Waals surface area (Å²) in [4.78, 5) is 29.8. The number of esters is 1. The van der Waals surface area contributed by atoms with Crippen LogP contribution in [0.4, 0.5) is 4.79 Å². The third-order valence-corrected chi connectivity index (χ3v) is 5.23. The van der Waals surface area contributed by atoms with Crippen LogP contribution in [-0.2, 0) is 20.8 Å². The molecule has 0 saturated carbocycles. The van der Waals surface area contributed by atoms with Gasteiger partial charge in [0.1, 0.15) is 11.6 Å². The summed E-state index contributed by atoms with van der Waals surface area (Å²) in [6.45, 7) is 10.4. The van der Waals surface area contributed by atoms with Crippen molar-refractivity contribution < 1.29 is 19.1 Å². The Hall–Kier alpha value is -2.08. The summed E-state index contributed by atoms with van der Waals surface area (Å²) in [7, 11) is 0. The van der Waals surface area contributed by atoms with Crippen molar-refractivity contribution in [3.8, 4) is 0 Å². The van der Waals surface area contributed by atoms with Gasteiger partial charge in [-0.3, -0.25) is 9.80 Å². The van der Waals surface area contributed by atoms with Crippen molar-refractivity contribution in [3.05, 3.63) is 35.9 Å². The maximum Gasteiger partial charge on any atom is 0.411 e. The molecule has 28 heavy (non-hydrogen) atoms. The standard InChI is InChI=1S/C22H32N2O4/c1-15(2)27-20(25)19-18-12-11-17(14-24(19)21(26)28-22(3,4)5)23(18)13-16-9-7-6-8-10-16/h6-10,15,17-19H,11-14H2,1-5H3/t17-,18?,19?/m0/s1. The van der Waals surface area contributed by atoms with Gasteiger partial charge in [0, 0.05) is 25.2 Å². The van der Waals surface area contributed by atoms with Gasteiger partial charge in [0.25, 0.3) is 0 Å². The minimum Gasteiger partial charge on any atom is -0.461 e. The first-order chi connectivity index (χ1) is 13.2. The lowest BCUT2D eigenvalue weighted by molar-refractivity contribution is -0.159. The fourth-order valence-electron chi connectivity index (χ4n) is 4.18. The molecule has 0 spiro atoms. The fourth-order valence-corrected chi connectivity index (χ4v) is 4.18. The summed E-state index contributed by atoms with van der Waals surface area (Å²) in [5.41, 5.74) is 0.602. The highest BCUT2D eigenvalue weighted by atomic mass is 16.6. The zero-order chi connectivity index (χ0) is 20.5. The molecule has 3 rings (SSSR count). The number of nitrogens with zero attached hydrogens (tertiary/aromatic N) is 2. The fraction of sp³-hybridized carbons (Fsp3) is 0.636. The molecule has 1 aromatic carbocycles. The maximum absolute atomic E-state index is 13.0. The summed E-state index contributed by atoms with van der Waals surface area (Å²) in [5, 5.41) is 0. The Morgan fingerprint density at radius 2 is 1.82 bits per heavy atom. The van der Waals surface area contributed by atoms with Gasteiger partial charge in [-0.25, -0.2) is 9.59 Å². The number of likely N-dealkylation sites (tertiary alicyclic amines) is 1. The molecule has 154 valence electrons. The van der Waals surface area contributed by atoms with Crippen molar-refractivity contribution in [2.75, 3.05) is 6.54 Å². The van der Waals surface area contributed by atoms with Crippen molar-refractivity contribution in [1.82, 2.24) is 9.80 Å². The van der Waals surface area contributed by atoms with E-state index in [9.17, 15) is 9.59 Å². The van der Waals surface area contributed by atoms with Crippen molar-refractivity contribution in [2.45, 2.75) is 83.8 Å². The second-order valence-electron chi connectivity index (χ2n) is 9.02. The molecule has 0 aromatic heterocycles. The van der Waals surface area contributed by atoms with Gasteiger partial charge >= 0.3 is 12.1 Å². The smallest absolute Gasteiger partial charge is 0.411 e. The summed E-state index contributed by atoms with van der Waals surface area (Å²) in [6.07, 6.45) is 1.17. The summed E-state index contributed by atoms with van der Waals surface area (Å²) < 4.78 is 11.1. The zero-order valence-corrected chi connectivity index (χ0v) is 17.6. The quantitative estimate of drug-likeness (QED) is 0.738. The predicted octanol–water partition coefficient (Wildman–Crippen LogP) is 3.59. The molecular weight excluding hydrogens is 356 g/mol. The lowest BCUT2D eigenvalue weighted by atomic mass is 10.0. The molecule has 0 N–H and O–H groups in total. The van der Waals surface area contributed by atoms with Gasteiger partial charge in [-0.05, 0) is 53.0 Å². The lowest BCUT2D eigenvalue weighted by Crippen LogP contribution is -2.64. The molecule has 1 aromatic rings. The van der Waals surface area contributed by atoms with Crippen molar-refractivity contribution in [3.63, 3.8) is 0 Å². The number of rotatable bonds is 4. The van der Waals surface area contributed by atoms with Gasteiger partial charge in [-0.2, -0.15) is 0 Å². The summed E-state index contributed by atoms with van der Waals surface area (Å²) in [5.74, 6) is -0.343. The number of hydrogen-bond acceptors (Lipinski definition) is 5. The Kier molecular flexibility index (Phi) is 5.98. The van der Waals surface area contributed by atoms with E-state index in [1.54, 1.807) is 4.90 Å². The Balaban J connectivity index is 1.85. The van der Waals surface area contributed by atoms with E-state index in [4.69, 9.17) is 9.47 Å². The molecule has 0 radical (unpaired) electrons. The van der Waals surface area contributed by atoms with E-state index in [-0.39, 0.29) is 24.2 Å². The second-order valence-corrected chi connectivity index (χ2v) is 9.02. The first-order valence-corrected chi connectivity index (χ1v) is 10.2. The van der Waals surface area contributed by atoms with Crippen LogP contribution in [0.15, 0.2) is 30.3 Å². The topological polar surface area (TPSA) is 59.1 Å². The summed E-state index contributed by atoms with van der Waals surface area (Å²) >= 11 is 0. The van der Waals surface area contributed by atoms with Crippen molar-refractivity contribution in [1.29, 1.82) is 0 Å². The number of fused-ring (bicyclic) bond motifs is 2. The molecule has 2 fully saturated rings. The van der Waals surface area contributed by atoms with E-state index in [1.807, 2.05) is 52.8 Å². The van der Waals surface area contributed by atoms with E-state index in [0.717, 1.165) is 19.4 Å². The minimum absolute atomic E-state index is 0.0577. The molecule has 2 heterocycles. The maximum atomic E-state index is 13.0. The van der Waals surface area contributed by atoms with E-state index >= 15 is 0 Å². The van der Waals surface area contributed by atoms with Crippen LogP contribution in [0.1, 0.15) is 53.0 Å². The third-order valence-electron chi connectivity index (χ3n) is 5.23. The third kappa shape index (κ3) is 4.66. The number of amides is 1. The molecule has 2 aliphatic rings. The lowest BCUT2D eigenvalue weighted by Gasteiger charge is -2.45. The monoisotopic (exact) mass is 388 g/mol. The first kappa shape index (κ1) is 20.6. The van der Waals surface area contributed by atoms with E-state index in [2.05, 4.69) is 17.0 Å². The molecule has 6 heteroatoms. The average molecular weight is 389 g/mol. The molecule has 1 amide bonds. The van der Waals surface area contributed by atoms with Crippen molar-refractivity contribution >= 4 is 12.1 Å². The van der Waals surface area contributed by atoms with Crippen LogP contribution in [-0.4, -0.2) is 58.2 Å². The molecule has 2 aliphatic heterocycles. The average Bonchev–Trinajstić information content (AvgIpc) is 2.85. The molecule has 0 aliphatic carbocycles. The number of hydrogen-bond donors (Lipinski definition) is 0. The Morgan fingerprint density at radius 1 is 1.14 bits per heavy atom. The van der Waals surface area contributed by atoms with E-state index in [1.165, 1.54) is 5.56 Å².